The van der Waals surface area contributed by atoms with Gasteiger partial charge in [-0.25, -0.2) is 0 Å². The van der Waals surface area contributed by atoms with Gasteiger partial charge in [-0.05, 0) is 29.9 Å². The van der Waals surface area contributed by atoms with Crippen molar-refractivity contribution in [1.82, 2.24) is 5.32 Å². The zero-order valence-electron chi connectivity index (χ0n) is 11.8. The molecule has 2 aliphatic rings. The van der Waals surface area contributed by atoms with E-state index in [-0.39, 0.29) is 11.3 Å². The summed E-state index contributed by atoms with van der Waals surface area (Å²) in [4.78, 5) is 9.23. The minimum atomic E-state index is 0.239. The van der Waals surface area contributed by atoms with Crippen molar-refractivity contribution >= 4 is 29.5 Å². The number of aryl methyl sites for hydroxylation is 1. The standard InChI is InChI=1S/C16H19N3S/c1-3-8-17-15-14-13(9-20-16(14)19-10-18-15)12-6-4-11(2)5-7-12/h4-7,9-10,14,16H,3,8H2,1-2H3,(H,17,18,19). The van der Waals surface area contributed by atoms with E-state index in [0.29, 0.717) is 0 Å². The van der Waals surface area contributed by atoms with Gasteiger partial charge < -0.3 is 5.32 Å². The minimum absolute atomic E-state index is 0.239. The van der Waals surface area contributed by atoms with Gasteiger partial charge in [0.15, 0.2) is 0 Å². The Hall–Kier alpha value is -1.55. The number of hydrogen-bond acceptors (Lipinski definition) is 3. The van der Waals surface area contributed by atoms with Crippen LogP contribution in [-0.2, 0) is 0 Å². The van der Waals surface area contributed by atoms with Crippen LogP contribution in [0.15, 0.2) is 39.7 Å². The third kappa shape index (κ3) is 2.52. The molecular weight excluding hydrogens is 266 g/mol. The number of fused-ring (bicyclic) bond motifs is 1. The topological polar surface area (TPSA) is 36.8 Å². The van der Waals surface area contributed by atoms with Crippen LogP contribution < -0.4 is 5.32 Å². The SMILES string of the molecule is CCCN=C1NC=NC2SC=C(c3ccc(C)cc3)C12. The normalized spacial score (nSPS) is 26.3. The molecule has 2 aliphatic heterocycles. The molecule has 1 N–H and O–H groups in total. The molecule has 20 heavy (non-hydrogen) atoms. The van der Waals surface area contributed by atoms with Gasteiger partial charge in [-0.3, -0.25) is 9.98 Å². The summed E-state index contributed by atoms with van der Waals surface area (Å²) >= 11 is 1.79. The molecule has 0 aliphatic carbocycles. The van der Waals surface area contributed by atoms with E-state index in [2.05, 4.69) is 53.8 Å². The fourth-order valence-corrected chi connectivity index (χ4v) is 3.62. The van der Waals surface area contributed by atoms with Crippen LogP contribution in [0, 0.1) is 12.8 Å². The number of nitrogens with one attached hydrogen (secondary N) is 1. The number of rotatable bonds is 3. The third-order valence-electron chi connectivity index (χ3n) is 3.57. The maximum Gasteiger partial charge on any atom is 0.115 e. The average Bonchev–Trinajstić information content (AvgIpc) is 2.90. The van der Waals surface area contributed by atoms with Crippen LogP contribution in [0.3, 0.4) is 0 Å². The predicted octanol–water partition coefficient (Wildman–Crippen LogP) is 3.47. The Kier molecular flexibility index (Phi) is 3.92. The van der Waals surface area contributed by atoms with Crippen molar-refractivity contribution in [3.63, 3.8) is 0 Å². The molecule has 0 fully saturated rings. The highest BCUT2D eigenvalue weighted by Gasteiger charge is 2.36. The molecule has 0 saturated heterocycles. The van der Waals surface area contributed by atoms with Crippen LogP contribution in [0.4, 0.5) is 0 Å². The number of hydrogen-bond donors (Lipinski definition) is 1. The maximum atomic E-state index is 4.70. The van der Waals surface area contributed by atoms with E-state index in [1.807, 2.05) is 0 Å². The van der Waals surface area contributed by atoms with E-state index in [0.717, 1.165) is 18.8 Å². The van der Waals surface area contributed by atoms with Crippen LogP contribution in [0.1, 0.15) is 24.5 Å². The Bertz CT molecular complexity index is 572. The van der Waals surface area contributed by atoms with Gasteiger partial charge in [0.05, 0.1) is 12.3 Å². The second kappa shape index (κ2) is 5.83. The van der Waals surface area contributed by atoms with Crippen molar-refractivity contribution in [3.05, 3.63) is 40.8 Å². The van der Waals surface area contributed by atoms with Gasteiger partial charge >= 0.3 is 0 Å². The quantitative estimate of drug-likeness (QED) is 0.923. The van der Waals surface area contributed by atoms with Crippen molar-refractivity contribution in [1.29, 1.82) is 0 Å². The molecule has 0 aromatic heterocycles. The first-order chi connectivity index (χ1) is 9.79. The van der Waals surface area contributed by atoms with Crippen LogP contribution in [0.25, 0.3) is 5.57 Å². The number of amidine groups is 1. The summed E-state index contributed by atoms with van der Waals surface area (Å²) in [5.74, 6) is 1.32. The van der Waals surface area contributed by atoms with Crippen molar-refractivity contribution in [2.24, 2.45) is 15.9 Å². The molecule has 4 heteroatoms. The highest BCUT2D eigenvalue weighted by molar-refractivity contribution is 8.03. The third-order valence-corrected chi connectivity index (χ3v) is 4.64. The van der Waals surface area contributed by atoms with E-state index in [1.54, 1.807) is 18.1 Å². The summed E-state index contributed by atoms with van der Waals surface area (Å²) in [5.41, 5.74) is 3.90. The molecule has 1 aromatic rings. The van der Waals surface area contributed by atoms with Crippen molar-refractivity contribution in [3.8, 4) is 0 Å². The lowest BCUT2D eigenvalue weighted by atomic mass is 9.91. The highest BCUT2D eigenvalue weighted by atomic mass is 32.2. The largest absolute Gasteiger partial charge is 0.335 e. The first kappa shape index (κ1) is 13.4. The fourth-order valence-electron chi connectivity index (χ4n) is 2.49. The van der Waals surface area contributed by atoms with E-state index >= 15 is 0 Å². The Morgan fingerprint density at radius 3 is 2.85 bits per heavy atom. The Labute approximate surface area is 124 Å². The maximum absolute atomic E-state index is 4.70. The van der Waals surface area contributed by atoms with Crippen molar-refractivity contribution < 1.29 is 0 Å². The molecular formula is C16H19N3S. The molecule has 0 amide bonds. The Morgan fingerprint density at radius 2 is 2.10 bits per heavy atom. The zero-order valence-corrected chi connectivity index (χ0v) is 12.7. The van der Waals surface area contributed by atoms with Gasteiger partial charge in [-0.15, -0.1) is 11.8 Å². The van der Waals surface area contributed by atoms with Gasteiger partial charge in [-0.1, -0.05) is 36.8 Å². The van der Waals surface area contributed by atoms with Crippen molar-refractivity contribution in [2.75, 3.05) is 6.54 Å². The molecule has 1 aromatic carbocycles. The highest BCUT2D eigenvalue weighted by Crippen LogP contribution is 2.43. The summed E-state index contributed by atoms with van der Waals surface area (Å²) in [7, 11) is 0. The predicted molar refractivity (Wildman–Crippen MR) is 88.2 cm³/mol. The van der Waals surface area contributed by atoms with Gasteiger partial charge in [0.25, 0.3) is 0 Å². The second-order valence-corrected chi connectivity index (χ2v) is 6.12. The number of thioether (sulfide) groups is 1. The van der Waals surface area contributed by atoms with Gasteiger partial charge in [0.2, 0.25) is 0 Å². The van der Waals surface area contributed by atoms with Crippen molar-refractivity contribution in [2.45, 2.75) is 25.6 Å². The minimum Gasteiger partial charge on any atom is -0.335 e. The molecule has 0 bridgehead atoms. The summed E-state index contributed by atoms with van der Waals surface area (Å²) in [6.07, 6.45) is 2.85. The molecule has 0 spiro atoms. The van der Waals surface area contributed by atoms with E-state index in [1.165, 1.54) is 16.7 Å². The lowest BCUT2D eigenvalue weighted by Gasteiger charge is -2.25. The van der Waals surface area contributed by atoms with Crippen LogP contribution >= 0.6 is 11.8 Å². The summed E-state index contributed by atoms with van der Waals surface area (Å²) in [5, 5.41) is 5.72. The molecule has 2 atom stereocenters. The first-order valence-corrected chi connectivity index (χ1v) is 7.99. The molecule has 2 unspecified atom stereocenters. The first-order valence-electron chi connectivity index (χ1n) is 7.04. The number of benzene rings is 1. The molecule has 2 heterocycles. The number of aliphatic imine (C=N–C) groups is 2. The average molecular weight is 285 g/mol. The molecule has 0 radical (unpaired) electrons. The zero-order chi connectivity index (χ0) is 13.9. The van der Waals surface area contributed by atoms with E-state index in [9.17, 15) is 0 Å². The van der Waals surface area contributed by atoms with E-state index in [4.69, 9.17) is 4.99 Å². The lowest BCUT2D eigenvalue weighted by Crippen LogP contribution is -2.39. The summed E-state index contributed by atoms with van der Waals surface area (Å²) in [6, 6.07) is 8.72. The number of nitrogens with zero attached hydrogens (tertiary/aromatic N) is 2. The summed E-state index contributed by atoms with van der Waals surface area (Å²) < 4.78 is 0. The fraction of sp³-hybridized carbons (Fsp3) is 0.375. The summed E-state index contributed by atoms with van der Waals surface area (Å²) in [6.45, 7) is 5.13. The molecule has 3 nitrogen and oxygen atoms in total. The Morgan fingerprint density at radius 1 is 1.30 bits per heavy atom. The molecule has 3 rings (SSSR count). The van der Waals surface area contributed by atoms with Gasteiger partial charge in [0.1, 0.15) is 11.2 Å². The monoisotopic (exact) mass is 285 g/mol. The smallest absolute Gasteiger partial charge is 0.115 e. The van der Waals surface area contributed by atoms with E-state index < -0.39 is 0 Å². The lowest BCUT2D eigenvalue weighted by molar-refractivity contribution is 0.782. The molecule has 0 saturated carbocycles. The van der Waals surface area contributed by atoms with Crippen LogP contribution in [0.5, 0.6) is 0 Å². The van der Waals surface area contributed by atoms with Gasteiger partial charge in [-0.2, -0.15) is 0 Å². The van der Waals surface area contributed by atoms with Crippen LogP contribution in [-0.4, -0.2) is 24.1 Å². The second-order valence-electron chi connectivity index (χ2n) is 5.13. The van der Waals surface area contributed by atoms with Crippen LogP contribution in [0.2, 0.25) is 0 Å². The Balaban J connectivity index is 1.92. The van der Waals surface area contributed by atoms with Gasteiger partial charge in [0, 0.05) is 6.54 Å². The molecule has 104 valence electrons.